The molecule has 0 bridgehead atoms. The molecule has 0 saturated heterocycles. The molecule has 0 atom stereocenters. The summed E-state index contributed by atoms with van der Waals surface area (Å²) in [5.41, 5.74) is 9.56. The Morgan fingerprint density at radius 3 is 1.77 bits per heavy atom. The SMILES string of the molecule is CCOc1ccc(CN(Cc2ccc(OCC)cc2)c2cccc(C3(N)CC3)n2)cc1. The minimum absolute atomic E-state index is 0.250. The highest BCUT2D eigenvalue weighted by atomic mass is 16.5. The van der Waals surface area contributed by atoms with Crippen molar-refractivity contribution in [1.29, 1.82) is 0 Å². The summed E-state index contributed by atoms with van der Waals surface area (Å²) in [6.07, 6.45) is 2.00. The van der Waals surface area contributed by atoms with Crippen molar-refractivity contribution >= 4 is 5.82 Å². The third kappa shape index (κ3) is 5.36. The second kappa shape index (κ2) is 9.40. The zero-order chi connectivity index (χ0) is 21.7. The molecule has 1 saturated carbocycles. The van der Waals surface area contributed by atoms with Crippen molar-refractivity contribution in [2.24, 2.45) is 5.73 Å². The summed E-state index contributed by atoms with van der Waals surface area (Å²) in [5.74, 6) is 2.73. The first-order chi connectivity index (χ1) is 15.1. The van der Waals surface area contributed by atoms with Gasteiger partial charge in [-0.05, 0) is 74.2 Å². The molecule has 162 valence electrons. The monoisotopic (exact) mass is 417 g/mol. The third-order valence-corrected chi connectivity index (χ3v) is 5.57. The maximum atomic E-state index is 6.42. The van der Waals surface area contributed by atoms with Crippen molar-refractivity contribution in [1.82, 2.24) is 4.98 Å². The number of benzene rings is 2. The van der Waals surface area contributed by atoms with E-state index >= 15 is 0 Å². The van der Waals surface area contributed by atoms with Gasteiger partial charge in [-0.1, -0.05) is 30.3 Å². The van der Waals surface area contributed by atoms with E-state index in [0.717, 1.165) is 48.9 Å². The zero-order valence-corrected chi connectivity index (χ0v) is 18.4. The largest absolute Gasteiger partial charge is 0.494 e. The Morgan fingerprint density at radius 2 is 1.32 bits per heavy atom. The first-order valence-corrected chi connectivity index (χ1v) is 11.0. The van der Waals surface area contributed by atoms with Crippen molar-refractivity contribution in [3.05, 3.63) is 83.6 Å². The fraction of sp³-hybridized carbons (Fsp3) is 0.346. The highest BCUT2D eigenvalue weighted by molar-refractivity contribution is 5.44. The zero-order valence-electron chi connectivity index (χ0n) is 18.4. The van der Waals surface area contributed by atoms with Gasteiger partial charge in [0.15, 0.2) is 0 Å². The van der Waals surface area contributed by atoms with Crippen LogP contribution in [-0.4, -0.2) is 18.2 Å². The van der Waals surface area contributed by atoms with Gasteiger partial charge in [0.1, 0.15) is 17.3 Å². The maximum absolute atomic E-state index is 6.42. The molecule has 0 spiro atoms. The molecule has 4 rings (SSSR count). The highest BCUT2D eigenvalue weighted by Crippen LogP contribution is 2.42. The molecule has 3 aromatic rings. The van der Waals surface area contributed by atoms with Gasteiger partial charge in [0, 0.05) is 13.1 Å². The van der Waals surface area contributed by atoms with Crippen molar-refractivity contribution < 1.29 is 9.47 Å². The molecule has 5 heteroatoms. The number of anilines is 1. The minimum Gasteiger partial charge on any atom is -0.494 e. The Bertz CT molecular complexity index is 931. The van der Waals surface area contributed by atoms with Crippen molar-refractivity contribution in [3.8, 4) is 11.5 Å². The summed E-state index contributed by atoms with van der Waals surface area (Å²) < 4.78 is 11.2. The van der Waals surface area contributed by atoms with Gasteiger partial charge in [-0.15, -0.1) is 0 Å². The van der Waals surface area contributed by atoms with Gasteiger partial charge in [0.05, 0.1) is 24.4 Å². The van der Waals surface area contributed by atoms with Crippen LogP contribution in [0.25, 0.3) is 0 Å². The van der Waals surface area contributed by atoms with Crippen molar-refractivity contribution in [2.45, 2.75) is 45.3 Å². The van der Waals surface area contributed by atoms with Crippen LogP contribution >= 0.6 is 0 Å². The van der Waals surface area contributed by atoms with Gasteiger partial charge in [-0.3, -0.25) is 0 Å². The van der Waals surface area contributed by atoms with Crippen LogP contribution in [0.15, 0.2) is 66.7 Å². The van der Waals surface area contributed by atoms with E-state index in [2.05, 4.69) is 41.3 Å². The van der Waals surface area contributed by atoms with Gasteiger partial charge < -0.3 is 20.1 Å². The fourth-order valence-electron chi connectivity index (χ4n) is 3.64. The highest BCUT2D eigenvalue weighted by Gasteiger charge is 2.41. The number of hydrogen-bond donors (Lipinski definition) is 1. The normalized spacial score (nSPS) is 14.2. The smallest absolute Gasteiger partial charge is 0.129 e. The third-order valence-electron chi connectivity index (χ3n) is 5.57. The van der Waals surface area contributed by atoms with Crippen LogP contribution in [0.4, 0.5) is 5.82 Å². The predicted octanol–water partition coefficient (Wildman–Crippen LogP) is 5.03. The van der Waals surface area contributed by atoms with Gasteiger partial charge in [0.2, 0.25) is 0 Å². The molecule has 0 amide bonds. The molecule has 5 nitrogen and oxygen atoms in total. The summed E-state index contributed by atoms with van der Waals surface area (Å²) >= 11 is 0. The van der Waals surface area contributed by atoms with Gasteiger partial charge in [0.25, 0.3) is 0 Å². The molecular weight excluding hydrogens is 386 g/mol. The Morgan fingerprint density at radius 1 is 0.806 bits per heavy atom. The van der Waals surface area contributed by atoms with E-state index in [4.69, 9.17) is 20.2 Å². The standard InChI is InChI=1S/C26H31N3O2/c1-3-30-22-12-8-20(9-13-22)18-29(19-21-10-14-23(15-11-21)31-4-2)25-7-5-6-24(28-25)26(27)16-17-26/h5-15H,3-4,16-19,27H2,1-2H3. The number of nitrogens with zero attached hydrogens (tertiary/aromatic N) is 2. The number of aromatic nitrogens is 1. The Kier molecular flexibility index (Phi) is 6.42. The van der Waals surface area contributed by atoms with E-state index < -0.39 is 0 Å². The van der Waals surface area contributed by atoms with Crippen LogP contribution in [0.1, 0.15) is 43.5 Å². The molecule has 0 aliphatic heterocycles. The number of hydrogen-bond acceptors (Lipinski definition) is 5. The lowest BCUT2D eigenvalue weighted by Gasteiger charge is -2.25. The molecular formula is C26H31N3O2. The quantitative estimate of drug-likeness (QED) is 0.501. The number of rotatable bonds is 10. The number of pyridine rings is 1. The number of nitrogens with two attached hydrogens (primary N) is 1. The van der Waals surface area contributed by atoms with Crippen LogP contribution in [0.3, 0.4) is 0 Å². The molecule has 2 aromatic carbocycles. The van der Waals surface area contributed by atoms with Crippen molar-refractivity contribution in [3.63, 3.8) is 0 Å². The lowest BCUT2D eigenvalue weighted by molar-refractivity contribution is 0.340. The summed E-state index contributed by atoms with van der Waals surface area (Å²) in [4.78, 5) is 7.24. The van der Waals surface area contributed by atoms with Crippen LogP contribution < -0.4 is 20.1 Å². The molecule has 0 unspecified atom stereocenters. The summed E-state index contributed by atoms with van der Waals surface area (Å²) in [6, 6.07) is 22.7. The van der Waals surface area contributed by atoms with Gasteiger partial charge in [-0.25, -0.2) is 4.98 Å². The first-order valence-electron chi connectivity index (χ1n) is 11.0. The van der Waals surface area contributed by atoms with E-state index in [1.807, 2.05) is 44.2 Å². The average Bonchev–Trinajstić information content (AvgIpc) is 3.55. The Hall–Kier alpha value is -3.05. The second-order valence-corrected chi connectivity index (χ2v) is 8.05. The maximum Gasteiger partial charge on any atom is 0.129 e. The number of ether oxygens (including phenoxy) is 2. The minimum atomic E-state index is -0.250. The van der Waals surface area contributed by atoms with E-state index in [0.29, 0.717) is 13.2 Å². The van der Waals surface area contributed by atoms with Crippen LogP contribution in [-0.2, 0) is 18.6 Å². The van der Waals surface area contributed by atoms with Crippen LogP contribution in [0, 0.1) is 0 Å². The average molecular weight is 418 g/mol. The topological polar surface area (TPSA) is 60.6 Å². The van der Waals surface area contributed by atoms with Crippen LogP contribution in [0.2, 0.25) is 0 Å². The van der Waals surface area contributed by atoms with E-state index in [1.54, 1.807) is 0 Å². The molecule has 31 heavy (non-hydrogen) atoms. The molecule has 0 radical (unpaired) electrons. The first kappa shape index (κ1) is 21.2. The summed E-state index contributed by atoms with van der Waals surface area (Å²) in [7, 11) is 0. The van der Waals surface area contributed by atoms with Gasteiger partial charge >= 0.3 is 0 Å². The molecule has 1 aliphatic rings. The Balaban J connectivity index is 1.58. The van der Waals surface area contributed by atoms with E-state index in [1.165, 1.54) is 11.1 Å². The predicted molar refractivity (Wildman–Crippen MR) is 124 cm³/mol. The summed E-state index contributed by atoms with van der Waals surface area (Å²) in [6.45, 7) is 6.81. The Labute approximate surface area is 184 Å². The van der Waals surface area contributed by atoms with Gasteiger partial charge in [-0.2, -0.15) is 0 Å². The molecule has 1 aromatic heterocycles. The molecule has 1 fully saturated rings. The van der Waals surface area contributed by atoms with E-state index in [9.17, 15) is 0 Å². The van der Waals surface area contributed by atoms with E-state index in [-0.39, 0.29) is 5.54 Å². The molecule has 1 aliphatic carbocycles. The fourth-order valence-corrected chi connectivity index (χ4v) is 3.64. The molecule has 1 heterocycles. The lowest BCUT2D eigenvalue weighted by atomic mass is 10.1. The van der Waals surface area contributed by atoms with Crippen molar-refractivity contribution in [2.75, 3.05) is 18.1 Å². The summed E-state index contributed by atoms with van der Waals surface area (Å²) in [5, 5.41) is 0. The van der Waals surface area contributed by atoms with Crippen LogP contribution in [0.5, 0.6) is 11.5 Å². The second-order valence-electron chi connectivity index (χ2n) is 8.05. The lowest BCUT2D eigenvalue weighted by Crippen LogP contribution is -2.26. The molecule has 2 N–H and O–H groups in total.